The average molecular weight is 467 g/mol. The molecule has 8 heteroatoms. The molecule has 4 rings (SSSR count). The predicted octanol–water partition coefficient (Wildman–Crippen LogP) is 2.79. The zero-order chi connectivity index (χ0) is 24.1. The lowest BCUT2D eigenvalue weighted by atomic mass is 9.94. The van der Waals surface area contributed by atoms with E-state index >= 15 is 0 Å². The number of benzene rings is 1. The van der Waals surface area contributed by atoms with Crippen LogP contribution in [0.1, 0.15) is 58.4 Å². The van der Waals surface area contributed by atoms with Crippen LogP contribution in [0.25, 0.3) is 0 Å². The second-order valence-corrected chi connectivity index (χ2v) is 9.08. The van der Waals surface area contributed by atoms with Crippen LogP contribution >= 0.6 is 0 Å². The van der Waals surface area contributed by atoms with Crippen LogP contribution in [0.2, 0.25) is 0 Å². The highest BCUT2D eigenvalue weighted by atomic mass is 19.1. The van der Waals surface area contributed by atoms with Crippen molar-refractivity contribution in [2.45, 2.75) is 52.1 Å². The van der Waals surface area contributed by atoms with E-state index in [2.05, 4.69) is 15.2 Å². The number of rotatable bonds is 8. The number of amides is 2. The van der Waals surface area contributed by atoms with Crippen LogP contribution in [0.15, 0.2) is 30.5 Å². The molecular weight excluding hydrogens is 435 g/mol. The van der Waals surface area contributed by atoms with Crippen LogP contribution in [-0.2, 0) is 29.1 Å². The molecule has 0 unspecified atom stereocenters. The normalized spacial score (nSPS) is 15.8. The van der Waals surface area contributed by atoms with E-state index in [0.29, 0.717) is 38.2 Å². The summed E-state index contributed by atoms with van der Waals surface area (Å²) in [6.45, 7) is 5.79. The Hall–Kier alpha value is -3.13. The molecule has 1 aromatic heterocycles. The van der Waals surface area contributed by atoms with Crippen molar-refractivity contribution >= 4 is 17.6 Å². The number of carbonyl (C=O) groups is 3. The molecule has 34 heavy (non-hydrogen) atoms. The van der Waals surface area contributed by atoms with E-state index in [9.17, 15) is 18.8 Å². The molecule has 2 amide bonds. The number of fused-ring (bicyclic) bond motifs is 1. The van der Waals surface area contributed by atoms with Gasteiger partial charge in [-0.25, -0.2) is 4.39 Å². The Morgan fingerprint density at radius 3 is 2.53 bits per heavy atom. The molecule has 2 aliphatic rings. The fourth-order valence-electron chi connectivity index (χ4n) is 4.71. The quantitative estimate of drug-likeness (QED) is 0.605. The molecule has 3 heterocycles. The number of carbonyl (C=O) groups excluding carboxylic acids is 3. The standard InChI is InChI=1S/C26H31FN4O3/c1-18-23(15-29-25(33)17-30-11-2-3-12-30)22-10-13-31(16-20(22)14-28-18)26(34)9-8-24(32)19-4-6-21(27)7-5-19/h4-7,14H,2-3,8-13,15-17H2,1H3,(H,29,33). The smallest absolute Gasteiger partial charge is 0.234 e. The summed E-state index contributed by atoms with van der Waals surface area (Å²) in [7, 11) is 0. The number of aryl methyl sites for hydroxylation is 1. The Balaban J connectivity index is 1.32. The lowest BCUT2D eigenvalue weighted by molar-refractivity contribution is -0.132. The van der Waals surface area contributed by atoms with Gasteiger partial charge in [0.2, 0.25) is 11.8 Å². The van der Waals surface area contributed by atoms with Crippen LogP contribution in [-0.4, -0.2) is 58.6 Å². The zero-order valence-electron chi connectivity index (χ0n) is 19.6. The summed E-state index contributed by atoms with van der Waals surface area (Å²) in [6, 6.07) is 5.38. The van der Waals surface area contributed by atoms with Gasteiger partial charge in [0.1, 0.15) is 5.82 Å². The van der Waals surface area contributed by atoms with Gasteiger partial charge >= 0.3 is 0 Å². The zero-order valence-corrected chi connectivity index (χ0v) is 19.6. The predicted molar refractivity (Wildman–Crippen MR) is 126 cm³/mol. The monoisotopic (exact) mass is 466 g/mol. The van der Waals surface area contributed by atoms with Crippen LogP contribution in [0.4, 0.5) is 4.39 Å². The van der Waals surface area contributed by atoms with E-state index in [1.54, 1.807) is 4.90 Å². The van der Waals surface area contributed by atoms with Gasteiger partial charge in [0, 0.05) is 49.9 Å². The molecular formula is C26H31FN4O3. The molecule has 0 bridgehead atoms. The first-order valence-electron chi connectivity index (χ1n) is 11.9. The highest BCUT2D eigenvalue weighted by Crippen LogP contribution is 2.24. The number of hydrogen-bond acceptors (Lipinski definition) is 5. The van der Waals surface area contributed by atoms with E-state index in [4.69, 9.17) is 0 Å². The van der Waals surface area contributed by atoms with Crippen molar-refractivity contribution < 1.29 is 18.8 Å². The highest BCUT2D eigenvalue weighted by molar-refractivity contribution is 5.97. The first-order valence-corrected chi connectivity index (χ1v) is 11.9. The summed E-state index contributed by atoms with van der Waals surface area (Å²) in [5.74, 6) is -0.622. The summed E-state index contributed by atoms with van der Waals surface area (Å²) >= 11 is 0. The Kier molecular flexibility index (Phi) is 7.67. The van der Waals surface area contributed by atoms with E-state index in [1.165, 1.54) is 24.3 Å². The lowest BCUT2D eigenvalue weighted by Crippen LogP contribution is -2.38. The summed E-state index contributed by atoms with van der Waals surface area (Å²) in [5.41, 5.74) is 4.48. The number of nitrogens with zero attached hydrogens (tertiary/aromatic N) is 3. The SMILES string of the molecule is Cc1ncc2c(c1CNC(=O)CN1CCCC1)CCN(C(=O)CCC(=O)c1ccc(F)cc1)C2. The molecule has 2 aromatic rings. The van der Waals surface area contributed by atoms with E-state index in [1.807, 2.05) is 13.1 Å². The van der Waals surface area contributed by atoms with Crippen molar-refractivity contribution in [2.24, 2.45) is 0 Å². The molecule has 7 nitrogen and oxygen atoms in total. The topological polar surface area (TPSA) is 82.6 Å². The number of halogens is 1. The van der Waals surface area contributed by atoms with Gasteiger partial charge in [-0.15, -0.1) is 0 Å². The van der Waals surface area contributed by atoms with Gasteiger partial charge in [0.15, 0.2) is 5.78 Å². The van der Waals surface area contributed by atoms with Gasteiger partial charge in [-0.1, -0.05) is 0 Å². The number of likely N-dealkylation sites (tertiary alicyclic amines) is 1. The van der Waals surface area contributed by atoms with Crippen molar-refractivity contribution in [2.75, 3.05) is 26.2 Å². The largest absolute Gasteiger partial charge is 0.351 e. The van der Waals surface area contributed by atoms with Crippen LogP contribution in [0, 0.1) is 12.7 Å². The molecule has 1 N–H and O–H groups in total. The summed E-state index contributed by atoms with van der Waals surface area (Å²) in [6.07, 6.45) is 5.01. The molecule has 1 fully saturated rings. The second kappa shape index (κ2) is 10.9. The van der Waals surface area contributed by atoms with Crippen LogP contribution in [0.3, 0.4) is 0 Å². The van der Waals surface area contributed by atoms with Crippen LogP contribution < -0.4 is 5.32 Å². The molecule has 0 saturated carbocycles. The molecule has 180 valence electrons. The summed E-state index contributed by atoms with van der Waals surface area (Å²) in [4.78, 5) is 45.9. The number of Topliss-reactive ketones (excluding diaryl/α,β-unsaturated/α-hetero) is 1. The molecule has 0 spiro atoms. The minimum atomic E-state index is -0.394. The minimum Gasteiger partial charge on any atom is -0.351 e. The van der Waals surface area contributed by atoms with Gasteiger partial charge in [0.05, 0.1) is 6.54 Å². The average Bonchev–Trinajstić information content (AvgIpc) is 3.34. The number of ketones is 1. The fraction of sp³-hybridized carbons (Fsp3) is 0.462. The molecule has 0 atom stereocenters. The number of aromatic nitrogens is 1. The lowest BCUT2D eigenvalue weighted by Gasteiger charge is -2.30. The van der Waals surface area contributed by atoms with Crippen molar-refractivity contribution in [3.63, 3.8) is 0 Å². The Bertz CT molecular complexity index is 1060. The first kappa shape index (κ1) is 24.0. The molecule has 2 aliphatic heterocycles. The first-order chi connectivity index (χ1) is 16.4. The summed E-state index contributed by atoms with van der Waals surface area (Å²) in [5, 5.41) is 3.04. The van der Waals surface area contributed by atoms with Crippen molar-refractivity contribution in [3.8, 4) is 0 Å². The number of nitrogens with one attached hydrogen (secondary N) is 1. The third kappa shape index (κ3) is 5.86. The molecule has 0 radical (unpaired) electrons. The maximum Gasteiger partial charge on any atom is 0.234 e. The van der Waals surface area contributed by atoms with E-state index in [0.717, 1.165) is 48.3 Å². The third-order valence-electron chi connectivity index (χ3n) is 6.71. The maximum absolute atomic E-state index is 13.1. The Morgan fingerprint density at radius 2 is 1.79 bits per heavy atom. The fourth-order valence-corrected chi connectivity index (χ4v) is 4.71. The van der Waals surface area contributed by atoms with Crippen molar-refractivity contribution in [3.05, 3.63) is 64.2 Å². The van der Waals surface area contributed by atoms with Crippen molar-refractivity contribution in [1.82, 2.24) is 20.1 Å². The Labute approximate surface area is 199 Å². The number of pyridine rings is 1. The molecule has 1 saturated heterocycles. The van der Waals surface area contributed by atoms with Crippen molar-refractivity contribution in [1.29, 1.82) is 0 Å². The molecule has 0 aliphatic carbocycles. The van der Waals surface area contributed by atoms with Gasteiger partial charge in [0.25, 0.3) is 0 Å². The van der Waals surface area contributed by atoms with Gasteiger partial charge in [-0.3, -0.25) is 24.3 Å². The highest BCUT2D eigenvalue weighted by Gasteiger charge is 2.25. The van der Waals surface area contributed by atoms with Gasteiger partial charge in [-0.2, -0.15) is 0 Å². The van der Waals surface area contributed by atoms with Crippen LogP contribution in [0.5, 0.6) is 0 Å². The number of hydrogen-bond donors (Lipinski definition) is 1. The molecule has 1 aromatic carbocycles. The van der Waals surface area contributed by atoms with Gasteiger partial charge < -0.3 is 10.2 Å². The second-order valence-electron chi connectivity index (χ2n) is 9.08. The van der Waals surface area contributed by atoms with Gasteiger partial charge in [-0.05, 0) is 80.2 Å². The Morgan fingerprint density at radius 1 is 1.06 bits per heavy atom. The summed E-state index contributed by atoms with van der Waals surface area (Å²) < 4.78 is 13.1. The maximum atomic E-state index is 13.1. The van der Waals surface area contributed by atoms with E-state index in [-0.39, 0.29) is 30.4 Å². The third-order valence-corrected chi connectivity index (χ3v) is 6.71. The minimum absolute atomic E-state index is 0.0253. The van der Waals surface area contributed by atoms with E-state index < -0.39 is 5.82 Å².